The first-order valence-electron chi connectivity index (χ1n) is 5.31. The molecule has 0 fully saturated rings. The predicted molar refractivity (Wildman–Crippen MR) is 46.0 cm³/mol. The van der Waals surface area contributed by atoms with Crippen molar-refractivity contribution in [3.63, 3.8) is 0 Å². The zero-order chi connectivity index (χ0) is 20.2. The summed E-state index contributed by atoms with van der Waals surface area (Å²) in [5.41, 5.74) is -5.79. The summed E-state index contributed by atoms with van der Waals surface area (Å²) in [6, 6.07) is 0. The lowest BCUT2D eigenvalue weighted by Gasteiger charge is -2.39. The van der Waals surface area contributed by atoms with Gasteiger partial charge in [-0.05, 0) is 6.92 Å². The molecule has 0 nitrogen and oxygen atoms in total. The van der Waals surface area contributed by atoms with Gasteiger partial charge in [-0.25, -0.2) is 8.78 Å². The summed E-state index contributed by atoms with van der Waals surface area (Å²) in [5, 5.41) is 0. The molecule has 3 unspecified atom stereocenters. The molecule has 0 bridgehead atoms. The van der Waals surface area contributed by atoms with E-state index in [0.717, 1.165) is 0 Å². The van der Waals surface area contributed by atoms with E-state index in [1.807, 2.05) is 0 Å². The van der Waals surface area contributed by atoms with E-state index in [-0.39, 0.29) is 0 Å². The lowest BCUT2D eigenvalue weighted by molar-refractivity contribution is -0.399. The van der Waals surface area contributed by atoms with E-state index in [4.69, 9.17) is 0 Å². The van der Waals surface area contributed by atoms with Crippen molar-refractivity contribution in [2.24, 2.45) is 5.92 Å². The third-order valence-corrected chi connectivity index (χ3v) is 2.88. The van der Waals surface area contributed by atoms with Crippen molar-refractivity contribution in [3.8, 4) is 0 Å². The van der Waals surface area contributed by atoms with E-state index in [9.17, 15) is 65.9 Å². The molecule has 24 heavy (non-hydrogen) atoms. The molecule has 0 aliphatic heterocycles. The van der Waals surface area contributed by atoms with Crippen LogP contribution in [0.4, 0.5) is 65.9 Å². The maximum atomic E-state index is 13.3. The van der Waals surface area contributed by atoms with Crippen LogP contribution in [0.15, 0.2) is 0 Å². The number of alkyl halides is 15. The Labute approximate surface area is 122 Å². The molecule has 0 aromatic heterocycles. The zero-order valence-electron chi connectivity index (χ0n) is 10.8. The van der Waals surface area contributed by atoms with Gasteiger partial charge in [-0.15, -0.1) is 0 Å². The number of rotatable bonds is 4. The lowest BCUT2D eigenvalue weighted by Crippen LogP contribution is -2.65. The van der Waals surface area contributed by atoms with Crippen LogP contribution in [-0.2, 0) is 0 Å². The quantitative estimate of drug-likeness (QED) is 0.539. The molecule has 15 heteroatoms. The van der Waals surface area contributed by atoms with Gasteiger partial charge < -0.3 is 0 Å². The van der Waals surface area contributed by atoms with Gasteiger partial charge in [0.2, 0.25) is 5.67 Å². The molecule has 0 saturated carbocycles. The van der Waals surface area contributed by atoms with Crippen LogP contribution in [0, 0.1) is 5.92 Å². The van der Waals surface area contributed by atoms with Crippen LogP contribution in [0.25, 0.3) is 0 Å². The second kappa shape index (κ2) is 5.75. The molecular weight excluding hydrogens is 393 g/mol. The summed E-state index contributed by atoms with van der Waals surface area (Å²) in [7, 11) is 0. The first-order chi connectivity index (χ1) is 10.0. The maximum Gasteiger partial charge on any atom is 0.459 e. The number of hydrogen-bond donors (Lipinski definition) is 0. The highest BCUT2D eigenvalue weighted by atomic mass is 19.4. The summed E-state index contributed by atoms with van der Waals surface area (Å²) in [6.45, 7) is -1.04. The average Bonchev–Trinajstić information content (AvgIpc) is 2.22. The molecule has 0 aliphatic rings. The average molecular weight is 398 g/mol. The van der Waals surface area contributed by atoms with E-state index < -0.39 is 55.1 Å². The van der Waals surface area contributed by atoms with E-state index in [1.165, 1.54) is 0 Å². The largest absolute Gasteiger partial charge is 0.459 e. The van der Waals surface area contributed by atoms with E-state index in [0.29, 0.717) is 0 Å². The van der Waals surface area contributed by atoms with Gasteiger partial charge >= 0.3 is 30.4 Å². The molecule has 0 aromatic rings. The molecule has 0 rings (SSSR count). The summed E-state index contributed by atoms with van der Waals surface area (Å²) >= 11 is 0. The molecule has 3 atom stereocenters. The van der Waals surface area contributed by atoms with Crippen LogP contribution in [-0.4, -0.2) is 42.2 Å². The first kappa shape index (κ1) is 22.9. The Kier molecular flexibility index (Phi) is 5.49. The van der Waals surface area contributed by atoms with Crippen molar-refractivity contribution >= 4 is 0 Å². The monoisotopic (exact) mass is 398 g/mol. The maximum absolute atomic E-state index is 13.3. The minimum atomic E-state index is -7.59. The fourth-order valence-corrected chi connectivity index (χ4v) is 1.41. The van der Waals surface area contributed by atoms with Crippen LogP contribution >= 0.6 is 0 Å². The summed E-state index contributed by atoms with van der Waals surface area (Å²) in [6.07, 6.45) is -26.6. The minimum Gasteiger partial charge on any atom is -0.243 e. The normalized spacial score (nSPS) is 20.5. The first-order valence-corrected chi connectivity index (χ1v) is 5.31. The Bertz CT molecular complexity index is 435. The zero-order valence-corrected chi connectivity index (χ0v) is 10.8. The standard InChI is InChI=1S/C9H5F15/c1-4(11,8(19,20)21)3(10)2(6(14,15)16)5(12,13)7(17,18)9(22,23)24/h2-3H,1H3. The fourth-order valence-electron chi connectivity index (χ4n) is 1.41. The van der Waals surface area contributed by atoms with Crippen molar-refractivity contribution in [3.05, 3.63) is 0 Å². The molecule has 0 aliphatic carbocycles. The third kappa shape index (κ3) is 3.63. The Hall–Kier alpha value is -1.05. The van der Waals surface area contributed by atoms with Crippen LogP contribution in [0.1, 0.15) is 6.92 Å². The smallest absolute Gasteiger partial charge is 0.243 e. The summed E-state index contributed by atoms with van der Waals surface area (Å²) < 4.78 is 187. The molecule has 0 aromatic carbocycles. The molecule has 0 heterocycles. The molecule has 0 radical (unpaired) electrons. The molecule has 0 saturated heterocycles. The van der Waals surface area contributed by atoms with Crippen molar-refractivity contribution in [2.75, 3.05) is 0 Å². The van der Waals surface area contributed by atoms with Crippen molar-refractivity contribution in [2.45, 2.75) is 49.1 Å². The Morgan fingerprint density at radius 2 is 0.917 bits per heavy atom. The lowest BCUT2D eigenvalue weighted by atomic mass is 9.82. The van der Waals surface area contributed by atoms with Crippen LogP contribution in [0.2, 0.25) is 0 Å². The molecular formula is C9H5F15. The second-order valence-corrected chi connectivity index (χ2v) is 4.69. The van der Waals surface area contributed by atoms with Gasteiger partial charge in [-0.2, -0.15) is 57.1 Å². The topological polar surface area (TPSA) is 0 Å². The molecule has 0 amide bonds. The van der Waals surface area contributed by atoms with Gasteiger partial charge in [0.25, 0.3) is 0 Å². The Morgan fingerprint density at radius 3 is 1.12 bits per heavy atom. The van der Waals surface area contributed by atoms with Crippen LogP contribution < -0.4 is 0 Å². The SMILES string of the molecule is CC(F)(C(F)C(C(F)(F)F)C(F)(F)C(F)(F)C(F)(F)F)C(F)(F)F. The van der Waals surface area contributed by atoms with Crippen molar-refractivity contribution in [1.29, 1.82) is 0 Å². The second-order valence-electron chi connectivity index (χ2n) is 4.69. The van der Waals surface area contributed by atoms with Crippen molar-refractivity contribution in [1.82, 2.24) is 0 Å². The fraction of sp³-hybridized carbons (Fsp3) is 1.00. The van der Waals surface area contributed by atoms with Crippen molar-refractivity contribution < 1.29 is 65.9 Å². The third-order valence-electron chi connectivity index (χ3n) is 2.88. The van der Waals surface area contributed by atoms with Gasteiger partial charge in [0.1, 0.15) is 0 Å². The van der Waals surface area contributed by atoms with Crippen LogP contribution in [0.5, 0.6) is 0 Å². The highest BCUT2D eigenvalue weighted by Crippen LogP contribution is 2.57. The summed E-state index contributed by atoms with van der Waals surface area (Å²) in [4.78, 5) is 0. The molecule has 146 valence electrons. The minimum absolute atomic E-state index is 1.04. The van der Waals surface area contributed by atoms with E-state index >= 15 is 0 Å². The van der Waals surface area contributed by atoms with Gasteiger partial charge in [-0.1, -0.05) is 0 Å². The van der Waals surface area contributed by atoms with Gasteiger partial charge in [0, 0.05) is 0 Å². The van der Waals surface area contributed by atoms with Gasteiger partial charge in [0.15, 0.2) is 12.1 Å². The predicted octanol–water partition coefficient (Wildman–Crippen LogP) is 5.63. The van der Waals surface area contributed by atoms with E-state index in [1.54, 1.807) is 0 Å². The Morgan fingerprint density at radius 1 is 0.583 bits per heavy atom. The number of halogens is 15. The van der Waals surface area contributed by atoms with E-state index in [2.05, 4.69) is 0 Å². The Balaban J connectivity index is 6.37. The van der Waals surface area contributed by atoms with Gasteiger partial charge in [-0.3, -0.25) is 0 Å². The highest BCUT2D eigenvalue weighted by Gasteiger charge is 2.82. The molecule has 0 N–H and O–H groups in total. The number of hydrogen-bond acceptors (Lipinski definition) is 0. The van der Waals surface area contributed by atoms with Crippen LogP contribution in [0.3, 0.4) is 0 Å². The molecule has 0 spiro atoms. The van der Waals surface area contributed by atoms with Gasteiger partial charge in [0.05, 0.1) is 0 Å². The highest BCUT2D eigenvalue weighted by molar-refractivity contribution is 5.06. The summed E-state index contributed by atoms with van der Waals surface area (Å²) in [5.74, 6) is -21.0.